The van der Waals surface area contributed by atoms with Crippen molar-refractivity contribution in [1.82, 2.24) is 34.6 Å². The lowest BCUT2D eigenvalue weighted by Gasteiger charge is -2.32. The van der Waals surface area contributed by atoms with Gasteiger partial charge in [0.05, 0.1) is 0 Å². The lowest BCUT2D eigenvalue weighted by molar-refractivity contribution is 0.250. The summed E-state index contributed by atoms with van der Waals surface area (Å²) in [5.41, 5.74) is 3.49. The van der Waals surface area contributed by atoms with E-state index in [2.05, 4.69) is 59.9 Å². The highest BCUT2D eigenvalue weighted by atomic mass is 16.5. The third-order valence-corrected chi connectivity index (χ3v) is 9.14. The molecule has 0 amide bonds. The van der Waals surface area contributed by atoms with Crippen LogP contribution in [-0.2, 0) is 6.54 Å². The van der Waals surface area contributed by atoms with Crippen molar-refractivity contribution < 1.29 is 4.52 Å². The molecule has 4 aromatic rings. The zero-order valence-electron chi connectivity index (χ0n) is 24.0. The molecule has 2 aliphatic rings. The van der Waals surface area contributed by atoms with Crippen LogP contribution < -0.4 is 11.1 Å². The zero-order valence-corrected chi connectivity index (χ0v) is 24.0. The van der Waals surface area contributed by atoms with Crippen LogP contribution in [0.5, 0.6) is 0 Å². The Morgan fingerprint density at radius 2 is 1.85 bits per heavy atom. The fraction of sp³-hybridized carbons (Fsp3) is 0.600. The smallest absolute Gasteiger partial charge is 0.365 e. The Hall–Kier alpha value is -3.56. The molecule has 2 fully saturated rings. The molecule has 2 aliphatic carbocycles. The van der Waals surface area contributed by atoms with Gasteiger partial charge in [0.25, 0.3) is 0 Å². The van der Waals surface area contributed by atoms with Gasteiger partial charge in [-0.3, -0.25) is 14.5 Å². The van der Waals surface area contributed by atoms with Crippen molar-refractivity contribution in [3.05, 3.63) is 34.4 Å². The molecule has 6 rings (SSSR count). The fourth-order valence-corrected chi connectivity index (χ4v) is 6.22. The number of hydrogen-bond donors (Lipinski definition) is 2. The van der Waals surface area contributed by atoms with Crippen molar-refractivity contribution in [1.29, 1.82) is 0 Å². The molecule has 0 aliphatic heterocycles. The number of anilines is 1. The van der Waals surface area contributed by atoms with Crippen LogP contribution in [0.1, 0.15) is 90.5 Å². The minimum atomic E-state index is -0.639. The SMILES string of the molecule is CCC1CCC(Cn2c(-c3cc(C(C)C)ccn3)nc3nc(-c4noc(=O)[nH]4)nc(N[C@H](C)C4CCC4)c32)CC1. The molecule has 40 heavy (non-hydrogen) atoms. The van der Waals surface area contributed by atoms with Crippen LogP contribution in [0.2, 0.25) is 0 Å². The first-order valence-electron chi connectivity index (χ1n) is 15.0. The van der Waals surface area contributed by atoms with Gasteiger partial charge in [-0.1, -0.05) is 51.6 Å². The molecule has 0 saturated heterocycles. The molecular formula is C30H40N8O2. The molecule has 4 heterocycles. The highest BCUT2D eigenvalue weighted by Crippen LogP contribution is 2.37. The van der Waals surface area contributed by atoms with Crippen LogP contribution in [0.3, 0.4) is 0 Å². The second-order valence-electron chi connectivity index (χ2n) is 12.1. The molecule has 0 bridgehead atoms. The first-order valence-corrected chi connectivity index (χ1v) is 15.0. The summed E-state index contributed by atoms with van der Waals surface area (Å²) in [5, 5.41) is 7.57. The minimum absolute atomic E-state index is 0.195. The molecule has 2 N–H and O–H groups in total. The normalized spacial score (nSPS) is 20.6. The molecule has 0 aromatic carbocycles. The molecule has 4 aromatic heterocycles. The third kappa shape index (κ3) is 5.28. The van der Waals surface area contributed by atoms with Gasteiger partial charge in [0.15, 0.2) is 17.3 Å². The van der Waals surface area contributed by atoms with Gasteiger partial charge in [0.1, 0.15) is 11.2 Å². The Kier molecular flexibility index (Phi) is 7.42. The Labute approximate surface area is 234 Å². The summed E-state index contributed by atoms with van der Waals surface area (Å²) in [4.78, 5) is 33.9. The van der Waals surface area contributed by atoms with E-state index in [1.54, 1.807) is 0 Å². The molecule has 10 heteroatoms. The van der Waals surface area contributed by atoms with Crippen LogP contribution in [0, 0.1) is 17.8 Å². The number of imidazole rings is 1. The molecular weight excluding hydrogens is 504 g/mol. The maximum absolute atomic E-state index is 11.7. The van der Waals surface area contributed by atoms with Gasteiger partial charge in [-0.2, -0.15) is 0 Å². The number of rotatable bonds is 9. The Morgan fingerprint density at radius 1 is 1.07 bits per heavy atom. The first kappa shape index (κ1) is 26.7. The third-order valence-electron chi connectivity index (χ3n) is 9.14. The maximum atomic E-state index is 11.7. The van der Waals surface area contributed by atoms with E-state index in [4.69, 9.17) is 24.5 Å². The van der Waals surface area contributed by atoms with E-state index in [0.717, 1.165) is 29.5 Å². The van der Waals surface area contributed by atoms with E-state index in [1.165, 1.54) is 56.9 Å². The summed E-state index contributed by atoms with van der Waals surface area (Å²) in [6, 6.07) is 4.45. The van der Waals surface area contributed by atoms with Crippen molar-refractivity contribution in [3.63, 3.8) is 0 Å². The summed E-state index contributed by atoms with van der Waals surface area (Å²) in [6.45, 7) is 9.74. The van der Waals surface area contributed by atoms with Crippen LogP contribution >= 0.6 is 0 Å². The van der Waals surface area contributed by atoms with Crippen molar-refractivity contribution in [2.75, 3.05) is 5.32 Å². The predicted molar refractivity (Wildman–Crippen MR) is 155 cm³/mol. The van der Waals surface area contributed by atoms with Crippen molar-refractivity contribution in [3.8, 4) is 23.2 Å². The summed E-state index contributed by atoms with van der Waals surface area (Å²) in [7, 11) is 0. The number of aromatic amines is 1. The van der Waals surface area contributed by atoms with Crippen molar-refractivity contribution >= 4 is 17.0 Å². The number of fused-ring (bicyclic) bond motifs is 1. The lowest BCUT2D eigenvalue weighted by Crippen LogP contribution is -2.31. The van der Waals surface area contributed by atoms with Gasteiger partial charge in [-0.05, 0) is 74.0 Å². The summed E-state index contributed by atoms with van der Waals surface area (Å²) in [5.74, 6) is 3.71. The van der Waals surface area contributed by atoms with E-state index in [1.807, 2.05) is 6.20 Å². The molecule has 0 radical (unpaired) electrons. The van der Waals surface area contributed by atoms with Gasteiger partial charge < -0.3 is 9.88 Å². The molecule has 212 valence electrons. The molecule has 1 atom stereocenters. The summed E-state index contributed by atoms with van der Waals surface area (Å²) in [6.07, 6.45) is 11.8. The minimum Gasteiger partial charge on any atom is -0.365 e. The second kappa shape index (κ2) is 11.1. The van der Waals surface area contributed by atoms with Crippen LogP contribution in [0.25, 0.3) is 34.3 Å². The Bertz CT molecular complexity index is 1520. The number of hydrogen-bond acceptors (Lipinski definition) is 8. The Balaban J connectivity index is 1.50. The van der Waals surface area contributed by atoms with Crippen LogP contribution in [-0.4, -0.2) is 40.7 Å². The lowest BCUT2D eigenvalue weighted by atomic mass is 9.80. The van der Waals surface area contributed by atoms with Gasteiger partial charge in [0.2, 0.25) is 11.6 Å². The standard InChI is InChI=1S/C30H40N8O2/c1-5-19-9-11-20(12-10-19)16-38-24-25(32-18(4)21-7-6-8-21)33-27(28-36-30(39)40-37-28)34-26(24)35-29(38)23-15-22(17(2)3)13-14-31-23/h13-15,17-21H,5-12,16H2,1-4H3,(H,32,33,34)(H,36,37,39)/t18-,19?,20?/m1/s1. The number of pyridine rings is 1. The molecule has 2 saturated carbocycles. The zero-order chi connectivity index (χ0) is 27.8. The van der Waals surface area contributed by atoms with Gasteiger partial charge in [-0.25, -0.2) is 19.7 Å². The number of nitrogens with zero attached hydrogens (tertiary/aromatic N) is 6. The average molecular weight is 545 g/mol. The highest BCUT2D eigenvalue weighted by Gasteiger charge is 2.29. The largest absolute Gasteiger partial charge is 0.439 e. The van der Waals surface area contributed by atoms with E-state index in [-0.39, 0.29) is 17.7 Å². The number of H-pyrrole nitrogens is 1. The number of aromatic nitrogens is 7. The topological polar surface area (TPSA) is 127 Å². The molecule has 10 nitrogen and oxygen atoms in total. The van der Waals surface area contributed by atoms with Gasteiger partial charge >= 0.3 is 5.76 Å². The van der Waals surface area contributed by atoms with E-state index < -0.39 is 5.76 Å². The first-order chi connectivity index (χ1) is 19.4. The summed E-state index contributed by atoms with van der Waals surface area (Å²) < 4.78 is 7.07. The van der Waals surface area contributed by atoms with Crippen LogP contribution in [0.4, 0.5) is 5.82 Å². The fourth-order valence-electron chi connectivity index (χ4n) is 6.22. The maximum Gasteiger partial charge on any atom is 0.439 e. The van der Waals surface area contributed by atoms with E-state index >= 15 is 0 Å². The number of nitrogens with one attached hydrogen (secondary N) is 2. The van der Waals surface area contributed by atoms with E-state index in [9.17, 15) is 4.79 Å². The Morgan fingerprint density at radius 3 is 2.50 bits per heavy atom. The highest BCUT2D eigenvalue weighted by molar-refractivity contribution is 5.88. The average Bonchev–Trinajstić information content (AvgIpc) is 3.52. The van der Waals surface area contributed by atoms with Gasteiger partial charge in [-0.15, -0.1) is 0 Å². The van der Waals surface area contributed by atoms with E-state index in [0.29, 0.717) is 29.2 Å². The van der Waals surface area contributed by atoms with Crippen LogP contribution in [0.15, 0.2) is 27.6 Å². The van der Waals surface area contributed by atoms with Gasteiger partial charge in [0, 0.05) is 18.8 Å². The molecule has 0 spiro atoms. The van der Waals surface area contributed by atoms with Crippen molar-refractivity contribution in [2.24, 2.45) is 17.8 Å². The second-order valence-corrected chi connectivity index (χ2v) is 12.1. The quantitative estimate of drug-likeness (QED) is 0.256. The summed E-state index contributed by atoms with van der Waals surface area (Å²) >= 11 is 0. The predicted octanol–water partition coefficient (Wildman–Crippen LogP) is 6.17. The van der Waals surface area contributed by atoms with Crippen molar-refractivity contribution in [2.45, 2.75) is 97.6 Å². The monoisotopic (exact) mass is 544 g/mol. The molecule has 0 unspecified atom stereocenters.